The Kier molecular flexibility index (Phi) is 4.54. The van der Waals surface area contributed by atoms with Gasteiger partial charge in [-0.1, -0.05) is 0 Å². The van der Waals surface area contributed by atoms with E-state index in [0.29, 0.717) is 26.1 Å². The van der Waals surface area contributed by atoms with E-state index < -0.39 is 5.97 Å². The van der Waals surface area contributed by atoms with E-state index in [9.17, 15) is 9.59 Å². The van der Waals surface area contributed by atoms with Crippen molar-refractivity contribution in [3.05, 3.63) is 0 Å². The normalized spacial score (nSPS) is 26.0. The van der Waals surface area contributed by atoms with E-state index in [4.69, 9.17) is 5.11 Å². The van der Waals surface area contributed by atoms with Crippen LogP contribution in [0.4, 0.5) is 0 Å². The summed E-state index contributed by atoms with van der Waals surface area (Å²) in [4.78, 5) is 26.8. The first kappa shape index (κ1) is 13.3. The second-order valence-electron chi connectivity index (χ2n) is 5.04. The van der Waals surface area contributed by atoms with Crippen molar-refractivity contribution in [1.29, 1.82) is 0 Å². The van der Waals surface area contributed by atoms with Gasteiger partial charge < -0.3 is 15.3 Å². The number of nitrogens with zero attached hydrogens (tertiary/aromatic N) is 2. The first-order chi connectivity index (χ1) is 8.66. The molecule has 0 aromatic heterocycles. The van der Waals surface area contributed by atoms with Crippen LogP contribution in [0.25, 0.3) is 0 Å². The van der Waals surface area contributed by atoms with Gasteiger partial charge in [-0.2, -0.15) is 0 Å². The van der Waals surface area contributed by atoms with Crippen LogP contribution in [-0.2, 0) is 9.59 Å². The molecule has 2 saturated heterocycles. The van der Waals surface area contributed by atoms with E-state index >= 15 is 0 Å². The highest BCUT2D eigenvalue weighted by atomic mass is 16.4. The second-order valence-corrected chi connectivity index (χ2v) is 5.04. The van der Waals surface area contributed by atoms with Crippen molar-refractivity contribution in [3.8, 4) is 0 Å². The molecule has 6 heteroatoms. The maximum atomic E-state index is 12.1. The quantitative estimate of drug-likeness (QED) is 0.692. The second kappa shape index (κ2) is 6.15. The highest BCUT2D eigenvalue weighted by Crippen LogP contribution is 2.16. The molecule has 2 N–H and O–H groups in total. The molecule has 1 unspecified atom stereocenters. The number of carboxylic acids is 1. The molecule has 2 aliphatic rings. The Morgan fingerprint density at radius 1 is 1.22 bits per heavy atom. The lowest BCUT2D eigenvalue weighted by Gasteiger charge is -2.23. The third-order valence-corrected chi connectivity index (χ3v) is 3.68. The van der Waals surface area contributed by atoms with Gasteiger partial charge in [0.1, 0.15) is 0 Å². The van der Waals surface area contributed by atoms with Gasteiger partial charge in [-0.15, -0.1) is 0 Å². The van der Waals surface area contributed by atoms with Gasteiger partial charge in [-0.25, -0.2) is 0 Å². The molecular weight excluding hydrogens is 234 g/mol. The fourth-order valence-corrected chi connectivity index (χ4v) is 2.54. The van der Waals surface area contributed by atoms with Crippen molar-refractivity contribution in [2.45, 2.75) is 12.8 Å². The molecule has 1 amide bonds. The maximum absolute atomic E-state index is 12.1. The number of amides is 1. The highest BCUT2D eigenvalue weighted by molar-refractivity contribution is 5.80. The minimum atomic E-state index is -0.788. The van der Waals surface area contributed by atoms with Gasteiger partial charge in [0.05, 0.1) is 12.5 Å². The zero-order valence-corrected chi connectivity index (χ0v) is 10.6. The molecule has 0 aliphatic carbocycles. The van der Waals surface area contributed by atoms with Crippen LogP contribution in [0.3, 0.4) is 0 Å². The number of hydrogen-bond donors (Lipinski definition) is 2. The SMILES string of the molecule is O=C(O)C1CCN(C(=O)CN2CCCNCC2)C1. The fourth-order valence-electron chi connectivity index (χ4n) is 2.54. The Hall–Kier alpha value is -1.14. The number of likely N-dealkylation sites (tertiary alicyclic amines) is 1. The Morgan fingerprint density at radius 3 is 2.78 bits per heavy atom. The van der Waals surface area contributed by atoms with Crippen molar-refractivity contribution in [2.75, 3.05) is 45.8 Å². The summed E-state index contributed by atoms with van der Waals surface area (Å²) >= 11 is 0. The van der Waals surface area contributed by atoms with Crippen LogP contribution in [0.5, 0.6) is 0 Å². The molecule has 1 atom stereocenters. The van der Waals surface area contributed by atoms with E-state index in [1.54, 1.807) is 4.90 Å². The minimum absolute atomic E-state index is 0.0700. The number of aliphatic carboxylic acids is 1. The average molecular weight is 255 g/mol. The van der Waals surface area contributed by atoms with E-state index in [0.717, 1.165) is 32.6 Å². The predicted molar refractivity (Wildman–Crippen MR) is 66.2 cm³/mol. The summed E-state index contributed by atoms with van der Waals surface area (Å²) in [7, 11) is 0. The molecule has 0 aromatic rings. The summed E-state index contributed by atoms with van der Waals surface area (Å²) in [5, 5.41) is 12.2. The van der Waals surface area contributed by atoms with Gasteiger partial charge in [-0.3, -0.25) is 14.5 Å². The van der Waals surface area contributed by atoms with Crippen LogP contribution in [0, 0.1) is 5.92 Å². The van der Waals surface area contributed by atoms with Gasteiger partial charge in [0.2, 0.25) is 5.91 Å². The molecule has 18 heavy (non-hydrogen) atoms. The smallest absolute Gasteiger partial charge is 0.308 e. The summed E-state index contributed by atoms with van der Waals surface area (Å²) in [5.74, 6) is -1.09. The lowest BCUT2D eigenvalue weighted by atomic mass is 10.1. The highest BCUT2D eigenvalue weighted by Gasteiger charge is 2.31. The van der Waals surface area contributed by atoms with Crippen molar-refractivity contribution in [2.24, 2.45) is 5.92 Å². The van der Waals surface area contributed by atoms with Crippen LogP contribution in [-0.4, -0.2) is 72.6 Å². The van der Waals surface area contributed by atoms with Crippen LogP contribution in [0.2, 0.25) is 0 Å². The number of hydrogen-bond acceptors (Lipinski definition) is 4. The van der Waals surface area contributed by atoms with Gasteiger partial charge in [-0.05, 0) is 25.9 Å². The summed E-state index contributed by atoms with van der Waals surface area (Å²) < 4.78 is 0. The number of carbonyl (C=O) groups is 2. The lowest BCUT2D eigenvalue weighted by molar-refractivity contribution is -0.141. The average Bonchev–Trinajstić information content (AvgIpc) is 2.70. The van der Waals surface area contributed by atoms with Crippen molar-refractivity contribution in [3.63, 3.8) is 0 Å². The van der Waals surface area contributed by atoms with Gasteiger partial charge in [0.25, 0.3) is 0 Å². The fraction of sp³-hybridized carbons (Fsp3) is 0.833. The molecule has 0 aromatic carbocycles. The minimum Gasteiger partial charge on any atom is -0.481 e. The van der Waals surface area contributed by atoms with Crippen molar-refractivity contribution < 1.29 is 14.7 Å². The lowest BCUT2D eigenvalue weighted by Crippen LogP contribution is -2.40. The summed E-state index contributed by atoms with van der Waals surface area (Å²) in [5.41, 5.74) is 0. The summed E-state index contributed by atoms with van der Waals surface area (Å²) in [6.07, 6.45) is 1.65. The molecular formula is C12H21N3O3. The molecule has 0 radical (unpaired) electrons. The molecule has 0 bridgehead atoms. The van der Waals surface area contributed by atoms with Crippen LogP contribution < -0.4 is 5.32 Å². The largest absolute Gasteiger partial charge is 0.481 e. The monoisotopic (exact) mass is 255 g/mol. The molecule has 6 nitrogen and oxygen atoms in total. The molecule has 2 aliphatic heterocycles. The molecule has 102 valence electrons. The van der Waals surface area contributed by atoms with E-state index in [1.807, 2.05) is 0 Å². The van der Waals surface area contributed by atoms with E-state index in [2.05, 4.69) is 10.2 Å². The predicted octanol–water partition coefficient (Wildman–Crippen LogP) is -0.785. The Balaban J connectivity index is 1.79. The van der Waals surface area contributed by atoms with E-state index in [1.165, 1.54) is 0 Å². The number of carboxylic acid groups (broad SMARTS) is 1. The summed E-state index contributed by atoms with van der Waals surface area (Å²) in [6.45, 7) is 5.15. The van der Waals surface area contributed by atoms with Crippen molar-refractivity contribution in [1.82, 2.24) is 15.1 Å². The topological polar surface area (TPSA) is 72.9 Å². The Labute approximate surface area is 107 Å². The third kappa shape index (κ3) is 3.43. The number of carbonyl (C=O) groups excluding carboxylic acids is 1. The molecule has 2 rings (SSSR count). The van der Waals surface area contributed by atoms with Crippen molar-refractivity contribution >= 4 is 11.9 Å². The Morgan fingerprint density at radius 2 is 2.06 bits per heavy atom. The third-order valence-electron chi connectivity index (χ3n) is 3.68. The zero-order chi connectivity index (χ0) is 13.0. The van der Waals surface area contributed by atoms with Gasteiger partial charge in [0, 0.05) is 26.2 Å². The number of nitrogens with one attached hydrogen (secondary N) is 1. The first-order valence-electron chi connectivity index (χ1n) is 6.60. The van der Waals surface area contributed by atoms with Crippen LogP contribution in [0.1, 0.15) is 12.8 Å². The first-order valence-corrected chi connectivity index (χ1v) is 6.60. The Bertz CT molecular complexity index is 314. The van der Waals surface area contributed by atoms with Gasteiger partial charge in [0.15, 0.2) is 0 Å². The van der Waals surface area contributed by atoms with Gasteiger partial charge >= 0.3 is 5.97 Å². The maximum Gasteiger partial charge on any atom is 0.308 e. The van der Waals surface area contributed by atoms with Crippen LogP contribution in [0.15, 0.2) is 0 Å². The molecule has 2 heterocycles. The molecule has 0 spiro atoms. The molecule has 2 fully saturated rings. The van der Waals surface area contributed by atoms with Crippen LogP contribution >= 0.6 is 0 Å². The standard InChI is InChI=1S/C12H21N3O3/c16-11(9-14-5-1-3-13-4-7-14)15-6-2-10(8-15)12(17)18/h10,13H,1-9H2,(H,17,18). The molecule has 0 saturated carbocycles. The van der Waals surface area contributed by atoms with E-state index in [-0.39, 0.29) is 11.8 Å². The zero-order valence-electron chi connectivity index (χ0n) is 10.6. The number of rotatable bonds is 3. The summed E-state index contributed by atoms with van der Waals surface area (Å²) in [6, 6.07) is 0.